The molecule has 0 saturated carbocycles. The highest BCUT2D eigenvalue weighted by atomic mass is 16.3. The number of fused-ring (bicyclic) bond motifs is 1. The number of amides is 1. The van der Waals surface area contributed by atoms with Gasteiger partial charge in [-0.25, -0.2) is 0 Å². The number of carbonyl (C=O) groups excluding carboxylic acids is 1. The molecule has 1 amide bonds. The number of rotatable bonds is 4. The third-order valence-electron chi connectivity index (χ3n) is 3.64. The highest BCUT2D eigenvalue weighted by Crippen LogP contribution is 2.27. The zero-order chi connectivity index (χ0) is 13.1. The minimum absolute atomic E-state index is 0.0650. The number of aliphatic hydroxyl groups excluding tert-OH is 1. The minimum atomic E-state index is -0.528. The standard InChI is InChI=1S/C15H21NO2/c1-16(2)15(18)9-8-14(17)13-7-6-11-4-3-5-12(11)10-13/h6-7,10,14,17H,3-5,8-9H2,1-2H3. The SMILES string of the molecule is CN(C)C(=O)CCC(O)c1ccc2c(c1)CCC2. The van der Waals surface area contributed by atoms with Gasteiger partial charge in [-0.15, -0.1) is 0 Å². The summed E-state index contributed by atoms with van der Waals surface area (Å²) in [5, 5.41) is 10.1. The Bertz CT molecular complexity index is 440. The van der Waals surface area contributed by atoms with E-state index >= 15 is 0 Å². The predicted octanol–water partition coefficient (Wildman–Crippen LogP) is 2.08. The molecule has 0 aromatic heterocycles. The molecule has 0 spiro atoms. The lowest BCUT2D eigenvalue weighted by Gasteiger charge is -2.14. The summed E-state index contributed by atoms with van der Waals surface area (Å²) in [6, 6.07) is 6.22. The number of hydrogen-bond donors (Lipinski definition) is 1. The highest BCUT2D eigenvalue weighted by molar-refractivity contribution is 5.75. The molecule has 18 heavy (non-hydrogen) atoms. The monoisotopic (exact) mass is 247 g/mol. The minimum Gasteiger partial charge on any atom is -0.388 e. The summed E-state index contributed by atoms with van der Waals surface area (Å²) in [7, 11) is 3.48. The van der Waals surface area contributed by atoms with Crippen LogP contribution in [0.25, 0.3) is 0 Å². The highest BCUT2D eigenvalue weighted by Gasteiger charge is 2.15. The molecule has 3 nitrogen and oxygen atoms in total. The molecule has 0 radical (unpaired) electrons. The number of benzene rings is 1. The fraction of sp³-hybridized carbons (Fsp3) is 0.533. The van der Waals surface area contributed by atoms with Crippen LogP contribution in [-0.4, -0.2) is 30.0 Å². The molecule has 1 unspecified atom stereocenters. The Kier molecular flexibility index (Phi) is 4.02. The smallest absolute Gasteiger partial charge is 0.222 e. The van der Waals surface area contributed by atoms with Crippen molar-refractivity contribution >= 4 is 5.91 Å². The van der Waals surface area contributed by atoms with Gasteiger partial charge in [-0.3, -0.25) is 4.79 Å². The van der Waals surface area contributed by atoms with Gasteiger partial charge in [-0.1, -0.05) is 18.2 Å². The quantitative estimate of drug-likeness (QED) is 0.885. The Morgan fingerprint density at radius 2 is 2.06 bits per heavy atom. The second kappa shape index (κ2) is 5.53. The van der Waals surface area contributed by atoms with Gasteiger partial charge in [0, 0.05) is 20.5 Å². The first-order valence-corrected chi connectivity index (χ1v) is 6.58. The molecule has 1 aromatic carbocycles. The summed E-state index contributed by atoms with van der Waals surface area (Å²) in [6.07, 6.45) is 3.85. The molecule has 1 aromatic rings. The van der Waals surface area contributed by atoms with Crippen LogP contribution < -0.4 is 0 Å². The van der Waals surface area contributed by atoms with Crippen molar-refractivity contribution in [3.8, 4) is 0 Å². The van der Waals surface area contributed by atoms with Crippen molar-refractivity contribution in [3.05, 3.63) is 34.9 Å². The Morgan fingerprint density at radius 1 is 1.33 bits per heavy atom. The van der Waals surface area contributed by atoms with E-state index in [1.807, 2.05) is 6.07 Å². The molecule has 98 valence electrons. The molecule has 0 heterocycles. The van der Waals surface area contributed by atoms with E-state index in [1.54, 1.807) is 19.0 Å². The maximum Gasteiger partial charge on any atom is 0.222 e. The van der Waals surface area contributed by atoms with Gasteiger partial charge in [0.1, 0.15) is 0 Å². The van der Waals surface area contributed by atoms with Crippen molar-refractivity contribution < 1.29 is 9.90 Å². The first-order valence-electron chi connectivity index (χ1n) is 6.58. The van der Waals surface area contributed by atoms with Gasteiger partial charge < -0.3 is 10.0 Å². The van der Waals surface area contributed by atoms with E-state index in [2.05, 4.69) is 12.1 Å². The molecule has 3 heteroatoms. The van der Waals surface area contributed by atoms with Gasteiger partial charge in [-0.2, -0.15) is 0 Å². The molecule has 1 aliphatic rings. The zero-order valence-electron chi connectivity index (χ0n) is 11.1. The third-order valence-corrected chi connectivity index (χ3v) is 3.64. The van der Waals surface area contributed by atoms with Crippen LogP contribution in [0.5, 0.6) is 0 Å². The lowest BCUT2D eigenvalue weighted by Crippen LogP contribution is -2.21. The Hall–Kier alpha value is -1.35. The van der Waals surface area contributed by atoms with E-state index in [1.165, 1.54) is 17.5 Å². The average molecular weight is 247 g/mol. The van der Waals surface area contributed by atoms with Gasteiger partial charge >= 0.3 is 0 Å². The van der Waals surface area contributed by atoms with Gasteiger partial charge in [-0.05, 0) is 42.4 Å². The molecule has 2 rings (SSSR count). The van der Waals surface area contributed by atoms with Crippen LogP contribution in [0.15, 0.2) is 18.2 Å². The molecule has 0 saturated heterocycles. The third kappa shape index (κ3) is 2.91. The summed E-state index contributed by atoms with van der Waals surface area (Å²) in [4.78, 5) is 13.0. The second-order valence-corrected chi connectivity index (χ2v) is 5.22. The Morgan fingerprint density at radius 3 is 2.78 bits per heavy atom. The van der Waals surface area contributed by atoms with Crippen LogP contribution in [0.1, 0.15) is 42.1 Å². The normalized spacial score (nSPS) is 15.3. The largest absolute Gasteiger partial charge is 0.388 e. The number of hydrogen-bond acceptors (Lipinski definition) is 2. The molecular formula is C15H21NO2. The van der Waals surface area contributed by atoms with E-state index in [4.69, 9.17) is 0 Å². The number of aliphatic hydroxyl groups is 1. The van der Waals surface area contributed by atoms with Crippen LogP contribution in [0.4, 0.5) is 0 Å². The van der Waals surface area contributed by atoms with Crippen LogP contribution in [-0.2, 0) is 17.6 Å². The number of nitrogens with zero attached hydrogens (tertiary/aromatic N) is 1. The summed E-state index contributed by atoms with van der Waals surface area (Å²) < 4.78 is 0. The number of carbonyl (C=O) groups is 1. The maximum absolute atomic E-state index is 11.5. The molecule has 1 atom stereocenters. The molecule has 1 aliphatic carbocycles. The number of aryl methyl sites for hydroxylation is 2. The second-order valence-electron chi connectivity index (χ2n) is 5.22. The topological polar surface area (TPSA) is 40.5 Å². The lowest BCUT2D eigenvalue weighted by molar-refractivity contribution is -0.129. The van der Waals surface area contributed by atoms with E-state index in [9.17, 15) is 9.90 Å². The molecule has 0 bridgehead atoms. The molecule has 0 fully saturated rings. The van der Waals surface area contributed by atoms with Crippen molar-refractivity contribution in [2.75, 3.05) is 14.1 Å². The van der Waals surface area contributed by atoms with E-state index in [-0.39, 0.29) is 5.91 Å². The Labute approximate surface area is 108 Å². The summed E-state index contributed by atoms with van der Waals surface area (Å²) in [6.45, 7) is 0. The van der Waals surface area contributed by atoms with E-state index < -0.39 is 6.10 Å². The zero-order valence-corrected chi connectivity index (χ0v) is 11.1. The summed E-state index contributed by atoms with van der Waals surface area (Å²) in [5.74, 6) is 0.0650. The first-order chi connectivity index (χ1) is 8.58. The van der Waals surface area contributed by atoms with Crippen LogP contribution >= 0.6 is 0 Å². The van der Waals surface area contributed by atoms with E-state index in [0.717, 1.165) is 18.4 Å². The van der Waals surface area contributed by atoms with Crippen molar-refractivity contribution in [3.63, 3.8) is 0 Å². The fourth-order valence-electron chi connectivity index (χ4n) is 2.45. The van der Waals surface area contributed by atoms with Gasteiger partial charge in [0.15, 0.2) is 0 Å². The fourth-order valence-corrected chi connectivity index (χ4v) is 2.45. The average Bonchev–Trinajstić information content (AvgIpc) is 2.82. The first kappa shape index (κ1) is 13.1. The van der Waals surface area contributed by atoms with Crippen molar-refractivity contribution in [2.24, 2.45) is 0 Å². The van der Waals surface area contributed by atoms with Gasteiger partial charge in [0.2, 0.25) is 5.91 Å². The summed E-state index contributed by atoms with van der Waals surface area (Å²) >= 11 is 0. The maximum atomic E-state index is 11.5. The van der Waals surface area contributed by atoms with Crippen molar-refractivity contribution in [1.29, 1.82) is 0 Å². The lowest BCUT2D eigenvalue weighted by atomic mass is 10.00. The van der Waals surface area contributed by atoms with Crippen LogP contribution in [0, 0.1) is 0 Å². The van der Waals surface area contributed by atoms with Crippen molar-refractivity contribution in [1.82, 2.24) is 4.90 Å². The molecular weight excluding hydrogens is 226 g/mol. The van der Waals surface area contributed by atoms with Crippen LogP contribution in [0.2, 0.25) is 0 Å². The summed E-state index contributed by atoms with van der Waals surface area (Å²) in [5.41, 5.74) is 3.73. The predicted molar refractivity (Wildman–Crippen MR) is 71.4 cm³/mol. The Balaban J connectivity index is 1.97. The molecule has 0 aliphatic heterocycles. The van der Waals surface area contributed by atoms with Gasteiger partial charge in [0.25, 0.3) is 0 Å². The van der Waals surface area contributed by atoms with Crippen LogP contribution in [0.3, 0.4) is 0 Å². The van der Waals surface area contributed by atoms with E-state index in [0.29, 0.717) is 12.8 Å². The van der Waals surface area contributed by atoms with Gasteiger partial charge in [0.05, 0.1) is 6.10 Å². The molecule has 1 N–H and O–H groups in total. The van der Waals surface area contributed by atoms with Crippen molar-refractivity contribution in [2.45, 2.75) is 38.2 Å².